The fraction of sp³-hybridized carbons (Fsp3) is 0.0909. The topological polar surface area (TPSA) is 40.9 Å². The molecule has 0 atom stereocenters. The van der Waals surface area contributed by atoms with E-state index in [2.05, 4.69) is 0 Å². The van der Waals surface area contributed by atoms with E-state index < -0.39 is 0 Å². The summed E-state index contributed by atoms with van der Waals surface area (Å²) in [7, 11) is 0. The predicted octanol–water partition coefficient (Wildman–Crippen LogP) is 2.31. The van der Waals surface area contributed by atoms with Crippen molar-refractivity contribution in [1.82, 2.24) is 0 Å². The number of allylic oxidation sites excluding steroid dienone is 2. The van der Waals surface area contributed by atoms with Crippen molar-refractivity contribution in [3.63, 3.8) is 0 Å². The first-order valence-electron chi connectivity index (χ1n) is 4.01. The van der Waals surface area contributed by atoms with Crippen LogP contribution in [0.5, 0.6) is 0 Å². The molecule has 0 aromatic heterocycles. The number of carbonyl (C=O) groups is 1. The Balaban J connectivity index is 3.15. The van der Waals surface area contributed by atoms with Gasteiger partial charge in [-0.3, -0.25) is 4.79 Å². The molecule has 0 saturated heterocycles. The zero-order chi connectivity index (χ0) is 9.68. The van der Waals surface area contributed by atoms with Crippen molar-refractivity contribution in [1.29, 1.82) is 5.41 Å². The van der Waals surface area contributed by atoms with E-state index in [-0.39, 0.29) is 0 Å². The molecule has 2 heteroatoms. The number of hydrogen-bond acceptors (Lipinski definition) is 2. The molecule has 0 bridgehead atoms. The molecular formula is C11H11NO. The molecule has 66 valence electrons. The molecule has 0 aliphatic heterocycles. The average molecular weight is 173 g/mol. The summed E-state index contributed by atoms with van der Waals surface area (Å²) in [5.41, 5.74) is 2.24. The predicted molar refractivity (Wildman–Crippen MR) is 53.9 cm³/mol. The molecule has 0 aliphatic rings. The van der Waals surface area contributed by atoms with Crippen molar-refractivity contribution < 1.29 is 4.79 Å². The maximum absolute atomic E-state index is 10.5. The van der Waals surface area contributed by atoms with E-state index >= 15 is 0 Å². The van der Waals surface area contributed by atoms with Crippen LogP contribution in [0.25, 0.3) is 5.57 Å². The molecule has 1 rings (SSSR count). The Morgan fingerprint density at radius 2 is 1.92 bits per heavy atom. The lowest BCUT2D eigenvalue weighted by molar-refractivity contribution is -0.104. The van der Waals surface area contributed by atoms with E-state index in [0.717, 1.165) is 17.4 Å². The van der Waals surface area contributed by atoms with Gasteiger partial charge in [-0.05, 0) is 18.1 Å². The van der Waals surface area contributed by atoms with Gasteiger partial charge in [0.1, 0.15) is 0 Å². The average Bonchev–Trinajstić information content (AvgIpc) is 2.21. The van der Waals surface area contributed by atoms with Gasteiger partial charge in [-0.15, -0.1) is 0 Å². The molecule has 0 unspecified atom stereocenters. The highest BCUT2D eigenvalue weighted by Crippen LogP contribution is 2.15. The van der Waals surface area contributed by atoms with E-state index in [4.69, 9.17) is 5.41 Å². The van der Waals surface area contributed by atoms with Crippen LogP contribution in [0.4, 0.5) is 0 Å². The normalized spacial score (nSPS) is 11.8. The van der Waals surface area contributed by atoms with Gasteiger partial charge in [0.15, 0.2) is 6.29 Å². The van der Waals surface area contributed by atoms with Crippen molar-refractivity contribution >= 4 is 18.1 Å². The molecule has 0 radical (unpaired) electrons. The Kier molecular flexibility index (Phi) is 3.15. The van der Waals surface area contributed by atoms with Gasteiger partial charge >= 0.3 is 0 Å². The number of carbonyl (C=O) groups excluding carboxylic acids is 1. The van der Waals surface area contributed by atoms with Crippen LogP contribution in [0.2, 0.25) is 0 Å². The number of benzene rings is 1. The van der Waals surface area contributed by atoms with Crippen LogP contribution < -0.4 is 0 Å². The van der Waals surface area contributed by atoms with Crippen LogP contribution in [0.1, 0.15) is 12.5 Å². The zero-order valence-electron chi connectivity index (χ0n) is 7.45. The van der Waals surface area contributed by atoms with Crippen LogP contribution in [0.3, 0.4) is 0 Å². The monoisotopic (exact) mass is 173 g/mol. The molecule has 2 nitrogen and oxygen atoms in total. The van der Waals surface area contributed by atoms with E-state index in [1.165, 1.54) is 0 Å². The van der Waals surface area contributed by atoms with Gasteiger partial charge in [-0.25, -0.2) is 0 Å². The molecule has 0 aliphatic carbocycles. The third kappa shape index (κ3) is 2.12. The second kappa shape index (κ2) is 4.36. The Morgan fingerprint density at radius 3 is 2.38 bits per heavy atom. The van der Waals surface area contributed by atoms with Crippen molar-refractivity contribution in [2.45, 2.75) is 6.92 Å². The maximum Gasteiger partial charge on any atom is 0.151 e. The summed E-state index contributed by atoms with van der Waals surface area (Å²) < 4.78 is 0. The molecule has 13 heavy (non-hydrogen) atoms. The van der Waals surface area contributed by atoms with Gasteiger partial charge in [-0.2, -0.15) is 0 Å². The van der Waals surface area contributed by atoms with Gasteiger partial charge in [0.2, 0.25) is 0 Å². The molecule has 1 aromatic rings. The van der Waals surface area contributed by atoms with Crippen molar-refractivity contribution in [2.24, 2.45) is 0 Å². The zero-order valence-corrected chi connectivity index (χ0v) is 7.45. The number of rotatable bonds is 3. The van der Waals surface area contributed by atoms with E-state index in [0.29, 0.717) is 11.9 Å². The molecule has 0 fully saturated rings. The van der Waals surface area contributed by atoms with Gasteiger partial charge in [0.05, 0.1) is 0 Å². The summed E-state index contributed by atoms with van der Waals surface area (Å²) in [6.45, 7) is 1.84. The third-order valence-corrected chi connectivity index (χ3v) is 1.92. The summed E-state index contributed by atoms with van der Waals surface area (Å²) >= 11 is 0. The smallest absolute Gasteiger partial charge is 0.151 e. The summed E-state index contributed by atoms with van der Waals surface area (Å²) in [6, 6.07) is 9.57. The molecule has 1 N–H and O–H groups in total. The Labute approximate surface area is 77.4 Å². The standard InChI is InChI=1S/C11H11NO/c1-9(11(7-12)8-13)10-5-3-2-4-6-10/h2-8,12H,1H3. The maximum atomic E-state index is 10.5. The molecule has 0 spiro atoms. The third-order valence-electron chi connectivity index (χ3n) is 1.92. The Bertz CT molecular complexity index is 328. The van der Waals surface area contributed by atoms with Crippen molar-refractivity contribution in [2.75, 3.05) is 0 Å². The minimum Gasteiger partial charge on any atom is -0.308 e. The van der Waals surface area contributed by atoms with E-state index in [1.807, 2.05) is 37.3 Å². The van der Waals surface area contributed by atoms with Crippen LogP contribution in [0, 0.1) is 5.41 Å². The first-order chi connectivity index (χ1) is 6.29. The fourth-order valence-corrected chi connectivity index (χ4v) is 1.09. The number of nitrogens with one attached hydrogen (secondary N) is 1. The van der Waals surface area contributed by atoms with Gasteiger partial charge in [0, 0.05) is 11.8 Å². The second-order valence-electron chi connectivity index (χ2n) is 2.71. The van der Waals surface area contributed by atoms with Crippen molar-refractivity contribution in [3.8, 4) is 0 Å². The highest BCUT2D eigenvalue weighted by Gasteiger charge is 1.99. The first-order valence-corrected chi connectivity index (χ1v) is 4.01. The number of hydrogen-bond donors (Lipinski definition) is 1. The van der Waals surface area contributed by atoms with Gasteiger partial charge in [-0.1, -0.05) is 30.3 Å². The lowest BCUT2D eigenvalue weighted by Crippen LogP contribution is -1.90. The SMILES string of the molecule is CC(=C(C=N)C=O)c1ccccc1. The van der Waals surface area contributed by atoms with Crippen LogP contribution in [0.15, 0.2) is 35.9 Å². The summed E-state index contributed by atoms with van der Waals surface area (Å²) in [4.78, 5) is 10.5. The summed E-state index contributed by atoms with van der Waals surface area (Å²) in [5, 5.41) is 7.03. The molecule has 0 amide bonds. The fourth-order valence-electron chi connectivity index (χ4n) is 1.09. The Hall–Kier alpha value is -1.70. The minimum absolute atomic E-state index is 0.422. The molecule has 0 saturated carbocycles. The molecule has 1 aromatic carbocycles. The highest BCUT2D eigenvalue weighted by atomic mass is 16.1. The summed E-state index contributed by atoms with van der Waals surface area (Å²) in [6.07, 6.45) is 1.78. The Morgan fingerprint density at radius 1 is 1.31 bits per heavy atom. The van der Waals surface area contributed by atoms with Gasteiger partial charge < -0.3 is 5.41 Å². The van der Waals surface area contributed by atoms with Crippen LogP contribution in [-0.4, -0.2) is 12.5 Å². The summed E-state index contributed by atoms with van der Waals surface area (Å²) in [5.74, 6) is 0. The lowest BCUT2D eigenvalue weighted by Gasteiger charge is -2.01. The lowest BCUT2D eigenvalue weighted by atomic mass is 10.0. The van der Waals surface area contributed by atoms with Crippen LogP contribution in [-0.2, 0) is 4.79 Å². The molecular weight excluding hydrogens is 162 g/mol. The first kappa shape index (κ1) is 9.39. The van der Waals surface area contributed by atoms with E-state index in [9.17, 15) is 4.79 Å². The second-order valence-corrected chi connectivity index (χ2v) is 2.71. The number of aldehydes is 1. The molecule has 0 heterocycles. The highest BCUT2D eigenvalue weighted by molar-refractivity contribution is 6.08. The van der Waals surface area contributed by atoms with E-state index in [1.54, 1.807) is 0 Å². The largest absolute Gasteiger partial charge is 0.308 e. The van der Waals surface area contributed by atoms with Crippen LogP contribution >= 0.6 is 0 Å². The minimum atomic E-state index is 0.422. The van der Waals surface area contributed by atoms with Gasteiger partial charge in [0.25, 0.3) is 0 Å². The quantitative estimate of drug-likeness (QED) is 0.425. The van der Waals surface area contributed by atoms with Crippen molar-refractivity contribution in [3.05, 3.63) is 41.5 Å².